The molecule has 3 nitrogen and oxygen atoms in total. The van der Waals surface area contributed by atoms with E-state index in [1.54, 1.807) is 0 Å². The molecule has 0 aromatic heterocycles. The SMILES string of the molecule is CCCCC(CN)N1CCN(CC2CC2)CC1. The van der Waals surface area contributed by atoms with Crippen molar-refractivity contribution in [2.75, 3.05) is 39.3 Å². The van der Waals surface area contributed by atoms with Crippen LogP contribution in [0.1, 0.15) is 39.0 Å². The van der Waals surface area contributed by atoms with Crippen LogP contribution in [0.25, 0.3) is 0 Å². The van der Waals surface area contributed by atoms with Crippen LogP contribution in [0.15, 0.2) is 0 Å². The Balaban J connectivity index is 1.68. The van der Waals surface area contributed by atoms with Crippen LogP contribution in [-0.2, 0) is 0 Å². The summed E-state index contributed by atoms with van der Waals surface area (Å²) in [4.78, 5) is 5.28. The van der Waals surface area contributed by atoms with Gasteiger partial charge in [-0.3, -0.25) is 4.90 Å². The molecule has 0 radical (unpaired) electrons. The van der Waals surface area contributed by atoms with E-state index in [0.29, 0.717) is 6.04 Å². The Morgan fingerprint density at radius 2 is 1.88 bits per heavy atom. The highest BCUT2D eigenvalue weighted by Gasteiger charge is 2.27. The summed E-state index contributed by atoms with van der Waals surface area (Å²) in [6.45, 7) is 9.45. The minimum Gasteiger partial charge on any atom is -0.329 e. The zero-order chi connectivity index (χ0) is 12.1. The topological polar surface area (TPSA) is 32.5 Å². The smallest absolute Gasteiger partial charge is 0.0219 e. The van der Waals surface area contributed by atoms with E-state index in [-0.39, 0.29) is 0 Å². The molecule has 0 aromatic carbocycles. The van der Waals surface area contributed by atoms with E-state index < -0.39 is 0 Å². The van der Waals surface area contributed by atoms with Crippen molar-refractivity contribution in [1.29, 1.82) is 0 Å². The van der Waals surface area contributed by atoms with Crippen molar-refractivity contribution in [3.8, 4) is 0 Å². The minimum atomic E-state index is 0.637. The fraction of sp³-hybridized carbons (Fsp3) is 1.00. The summed E-state index contributed by atoms with van der Waals surface area (Å²) in [5, 5.41) is 0. The maximum atomic E-state index is 5.91. The van der Waals surface area contributed by atoms with Crippen molar-refractivity contribution < 1.29 is 0 Å². The molecule has 1 atom stereocenters. The summed E-state index contributed by atoms with van der Waals surface area (Å²) in [5.74, 6) is 1.03. The molecule has 1 aliphatic carbocycles. The van der Waals surface area contributed by atoms with Crippen molar-refractivity contribution in [2.45, 2.75) is 45.1 Å². The Bertz CT molecular complexity index is 208. The van der Waals surface area contributed by atoms with E-state index in [1.807, 2.05) is 0 Å². The fourth-order valence-corrected chi connectivity index (χ4v) is 2.87. The summed E-state index contributed by atoms with van der Waals surface area (Å²) in [5.41, 5.74) is 5.91. The van der Waals surface area contributed by atoms with Crippen molar-refractivity contribution >= 4 is 0 Å². The molecular formula is C14H29N3. The average Bonchev–Trinajstić information content (AvgIpc) is 3.16. The number of nitrogens with two attached hydrogens (primary N) is 1. The molecule has 1 saturated carbocycles. The maximum Gasteiger partial charge on any atom is 0.0219 e. The van der Waals surface area contributed by atoms with Crippen molar-refractivity contribution in [1.82, 2.24) is 9.80 Å². The van der Waals surface area contributed by atoms with Gasteiger partial charge >= 0.3 is 0 Å². The maximum absolute atomic E-state index is 5.91. The Kier molecular flexibility index (Phi) is 5.26. The van der Waals surface area contributed by atoms with Crippen LogP contribution < -0.4 is 5.73 Å². The second kappa shape index (κ2) is 6.72. The van der Waals surface area contributed by atoms with Gasteiger partial charge in [0.05, 0.1) is 0 Å². The average molecular weight is 239 g/mol. The number of hydrogen-bond donors (Lipinski definition) is 1. The summed E-state index contributed by atoms with van der Waals surface area (Å²) in [6.07, 6.45) is 6.85. The van der Waals surface area contributed by atoms with Gasteiger partial charge in [-0.05, 0) is 25.2 Å². The molecule has 1 saturated heterocycles. The quantitative estimate of drug-likeness (QED) is 0.731. The van der Waals surface area contributed by atoms with Crippen LogP contribution in [0.4, 0.5) is 0 Å². The number of nitrogens with zero attached hydrogens (tertiary/aromatic N) is 2. The third kappa shape index (κ3) is 4.23. The molecule has 2 rings (SSSR count). The van der Waals surface area contributed by atoms with Crippen LogP contribution in [0.2, 0.25) is 0 Å². The molecule has 1 heterocycles. The molecule has 0 amide bonds. The van der Waals surface area contributed by atoms with Gasteiger partial charge in [-0.15, -0.1) is 0 Å². The molecule has 100 valence electrons. The third-order valence-electron chi connectivity index (χ3n) is 4.30. The Labute approximate surface area is 106 Å². The zero-order valence-electron chi connectivity index (χ0n) is 11.4. The highest BCUT2D eigenvalue weighted by atomic mass is 15.3. The predicted molar refractivity (Wildman–Crippen MR) is 73.1 cm³/mol. The van der Waals surface area contributed by atoms with Crippen molar-refractivity contribution in [2.24, 2.45) is 11.7 Å². The van der Waals surface area contributed by atoms with Crippen LogP contribution in [-0.4, -0.2) is 55.1 Å². The van der Waals surface area contributed by atoms with E-state index in [2.05, 4.69) is 16.7 Å². The Morgan fingerprint density at radius 3 is 2.41 bits per heavy atom. The van der Waals surface area contributed by atoms with Gasteiger partial charge in [0.1, 0.15) is 0 Å². The molecule has 0 aromatic rings. The Hall–Kier alpha value is -0.120. The lowest BCUT2D eigenvalue weighted by Crippen LogP contribution is -2.52. The van der Waals surface area contributed by atoms with E-state index in [0.717, 1.165) is 12.5 Å². The molecule has 2 N–H and O–H groups in total. The summed E-state index contributed by atoms with van der Waals surface area (Å²) < 4.78 is 0. The van der Waals surface area contributed by atoms with E-state index >= 15 is 0 Å². The molecule has 2 aliphatic rings. The molecule has 17 heavy (non-hydrogen) atoms. The lowest BCUT2D eigenvalue weighted by atomic mass is 10.1. The van der Waals surface area contributed by atoms with Crippen molar-refractivity contribution in [3.63, 3.8) is 0 Å². The van der Waals surface area contributed by atoms with Gasteiger partial charge in [0.2, 0.25) is 0 Å². The minimum absolute atomic E-state index is 0.637. The van der Waals surface area contributed by atoms with E-state index in [9.17, 15) is 0 Å². The highest BCUT2D eigenvalue weighted by molar-refractivity contribution is 4.83. The molecular weight excluding hydrogens is 210 g/mol. The first kappa shape index (κ1) is 13.3. The number of rotatable bonds is 7. The zero-order valence-corrected chi connectivity index (χ0v) is 11.4. The van der Waals surface area contributed by atoms with Crippen LogP contribution in [0.5, 0.6) is 0 Å². The Morgan fingerprint density at radius 1 is 1.18 bits per heavy atom. The lowest BCUT2D eigenvalue weighted by molar-refractivity contribution is 0.0912. The second-order valence-corrected chi connectivity index (χ2v) is 5.81. The standard InChI is InChI=1S/C14H29N3/c1-2-3-4-14(11-15)17-9-7-16(8-10-17)12-13-5-6-13/h13-14H,2-12,15H2,1H3. The van der Waals surface area contributed by atoms with Gasteiger partial charge in [-0.1, -0.05) is 19.8 Å². The first-order valence-corrected chi connectivity index (χ1v) is 7.50. The number of hydrogen-bond acceptors (Lipinski definition) is 3. The van der Waals surface area contributed by atoms with Crippen LogP contribution in [0, 0.1) is 5.92 Å². The van der Waals surface area contributed by atoms with Crippen molar-refractivity contribution in [3.05, 3.63) is 0 Å². The number of piperazine rings is 1. The fourth-order valence-electron chi connectivity index (χ4n) is 2.87. The summed E-state index contributed by atoms with van der Waals surface area (Å²) in [6, 6.07) is 0.637. The predicted octanol–water partition coefficient (Wildman–Crippen LogP) is 1.53. The molecule has 3 heteroatoms. The molecule has 2 fully saturated rings. The lowest BCUT2D eigenvalue weighted by Gasteiger charge is -2.39. The van der Waals surface area contributed by atoms with Gasteiger partial charge in [-0.2, -0.15) is 0 Å². The molecule has 1 unspecified atom stereocenters. The second-order valence-electron chi connectivity index (χ2n) is 5.81. The molecule has 0 spiro atoms. The van der Waals surface area contributed by atoms with E-state index in [1.165, 1.54) is 64.8 Å². The normalized spacial score (nSPS) is 25.1. The monoisotopic (exact) mass is 239 g/mol. The molecule has 1 aliphatic heterocycles. The number of unbranched alkanes of at least 4 members (excludes halogenated alkanes) is 1. The third-order valence-corrected chi connectivity index (χ3v) is 4.30. The highest BCUT2D eigenvalue weighted by Crippen LogP contribution is 2.30. The van der Waals surface area contributed by atoms with Crippen LogP contribution in [0.3, 0.4) is 0 Å². The van der Waals surface area contributed by atoms with Gasteiger partial charge in [0, 0.05) is 45.3 Å². The van der Waals surface area contributed by atoms with Gasteiger partial charge < -0.3 is 10.6 Å². The first-order chi connectivity index (χ1) is 8.33. The van der Waals surface area contributed by atoms with Gasteiger partial charge in [-0.25, -0.2) is 0 Å². The van der Waals surface area contributed by atoms with Gasteiger partial charge in [0.25, 0.3) is 0 Å². The van der Waals surface area contributed by atoms with Gasteiger partial charge in [0.15, 0.2) is 0 Å². The summed E-state index contributed by atoms with van der Waals surface area (Å²) in [7, 11) is 0. The first-order valence-electron chi connectivity index (χ1n) is 7.50. The summed E-state index contributed by atoms with van der Waals surface area (Å²) >= 11 is 0. The van der Waals surface area contributed by atoms with E-state index in [4.69, 9.17) is 5.73 Å². The largest absolute Gasteiger partial charge is 0.329 e. The van der Waals surface area contributed by atoms with Crippen LogP contribution >= 0.6 is 0 Å². The molecule has 0 bridgehead atoms.